The monoisotopic (exact) mass is 482 g/mol. The molecule has 0 radical (unpaired) electrons. The maximum absolute atomic E-state index is 13.7. The van der Waals surface area contributed by atoms with Gasteiger partial charge in [0.2, 0.25) is 0 Å². The summed E-state index contributed by atoms with van der Waals surface area (Å²) < 4.78 is 20.0. The molecule has 0 aliphatic carbocycles. The van der Waals surface area contributed by atoms with Gasteiger partial charge in [-0.2, -0.15) is 5.10 Å². The molecule has 0 fully saturated rings. The lowest BCUT2D eigenvalue weighted by atomic mass is 9.95. The summed E-state index contributed by atoms with van der Waals surface area (Å²) in [5, 5.41) is 4.25. The molecule has 10 heteroatoms. The Balaban J connectivity index is 1.98. The normalized spacial score (nSPS) is 15.7. The smallest absolute Gasteiger partial charge is 0.338 e. The summed E-state index contributed by atoms with van der Waals surface area (Å²) in [6, 6.07) is 4.60. The molecule has 0 saturated carbocycles. The van der Waals surface area contributed by atoms with Crippen molar-refractivity contribution >= 4 is 23.4 Å². The minimum atomic E-state index is -0.729. The van der Waals surface area contributed by atoms with Gasteiger partial charge in [-0.05, 0) is 44.5 Å². The quantitative estimate of drug-likeness (QED) is 0.498. The van der Waals surface area contributed by atoms with Crippen LogP contribution in [0.4, 0.5) is 0 Å². The third-order valence-corrected chi connectivity index (χ3v) is 6.78. The third kappa shape index (κ3) is 3.94. The topological polar surface area (TPSA) is 96.9 Å². The number of aromatic nitrogens is 3. The Hall–Kier alpha value is -3.66. The van der Waals surface area contributed by atoms with Gasteiger partial charge in [-0.1, -0.05) is 17.4 Å². The van der Waals surface area contributed by atoms with E-state index < -0.39 is 12.0 Å². The van der Waals surface area contributed by atoms with Crippen LogP contribution in [0, 0.1) is 6.92 Å². The van der Waals surface area contributed by atoms with Gasteiger partial charge in [-0.25, -0.2) is 9.79 Å². The molecule has 9 nitrogen and oxygen atoms in total. The molecule has 0 saturated heterocycles. The van der Waals surface area contributed by atoms with E-state index in [4.69, 9.17) is 14.2 Å². The van der Waals surface area contributed by atoms with Crippen LogP contribution in [0.25, 0.3) is 6.08 Å². The summed E-state index contributed by atoms with van der Waals surface area (Å²) in [6.07, 6.45) is 3.52. The summed E-state index contributed by atoms with van der Waals surface area (Å²) in [4.78, 5) is 31.8. The Kier molecular flexibility index (Phi) is 6.43. The number of methoxy groups -OCH3 is 2. The van der Waals surface area contributed by atoms with Gasteiger partial charge in [-0.3, -0.25) is 14.0 Å². The summed E-state index contributed by atoms with van der Waals surface area (Å²) >= 11 is 1.27. The standard InChI is InChI=1S/C24H26N4O5S/c1-7-33-23(30)20-13(2)26-24-28(21(20)15-8-9-17(31-5)18(10-15)32-6)22(29)19(34-24)11-16-12-25-27(4)14(16)3/h8-12,21H,7H2,1-6H3/b19-11+. The maximum Gasteiger partial charge on any atom is 0.338 e. The number of thiazole rings is 1. The van der Waals surface area contributed by atoms with Gasteiger partial charge in [0.25, 0.3) is 5.56 Å². The third-order valence-electron chi connectivity index (χ3n) is 5.80. The van der Waals surface area contributed by atoms with Gasteiger partial charge in [0.05, 0.1) is 48.9 Å². The average Bonchev–Trinajstić information content (AvgIpc) is 3.30. The average molecular weight is 483 g/mol. The second-order valence-electron chi connectivity index (χ2n) is 7.73. The van der Waals surface area contributed by atoms with Crippen molar-refractivity contribution in [2.45, 2.75) is 26.8 Å². The van der Waals surface area contributed by atoms with E-state index in [2.05, 4.69) is 10.1 Å². The fourth-order valence-electron chi connectivity index (χ4n) is 3.93. The minimum Gasteiger partial charge on any atom is -0.493 e. The number of esters is 1. The molecule has 0 bridgehead atoms. The molecule has 1 aliphatic rings. The number of carbonyl (C=O) groups is 1. The Labute approximate surface area is 200 Å². The lowest BCUT2D eigenvalue weighted by Gasteiger charge is -2.25. The molecular weight excluding hydrogens is 456 g/mol. The van der Waals surface area contributed by atoms with Crippen molar-refractivity contribution in [1.82, 2.24) is 14.3 Å². The molecule has 0 spiro atoms. The first-order valence-electron chi connectivity index (χ1n) is 10.7. The predicted molar refractivity (Wildman–Crippen MR) is 128 cm³/mol. The van der Waals surface area contributed by atoms with Crippen molar-refractivity contribution in [2.75, 3.05) is 20.8 Å². The van der Waals surface area contributed by atoms with Crippen LogP contribution in [0.2, 0.25) is 0 Å². The van der Waals surface area contributed by atoms with Crippen molar-refractivity contribution < 1.29 is 19.0 Å². The zero-order valence-corrected chi connectivity index (χ0v) is 20.7. The van der Waals surface area contributed by atoms with Crippen LogP contribution in [-0.2, 0) is 16.6 Å². The second kappa shape index (κ2) is 9.30. The van der Waals surface area contributed by atoms with Crippen molar-refractivity contribution in [3.8, 4) is 11.5 Å². The summed E-state index contributed by atoms with van der Waals surface area (Å²) in [5.41, 5.74) is 3.03. The lowest BCUT2D eigenvalue weighted by molar-refractivity contribution is -0.139. The highest BCUT2D eigenvalue weighted by molar-refractivity contribution is 7.07. The van der Waals surface area contributed by atoms with Crippen LogP contribution in [0.1, 0.15) is 36.7 Å². The molecular formula is C24H26N4O5S. The Morgan fingerprint density at radius 1 is 1.21 bits per heavy atom. The summed E-state index contributed by atoms with van der Waals surface area (Å²) in [5.74, 6) is 0.524. The predicted octanol–water partition coefficient (Wildman–Crippen LogP) is 1.86. The molecule has 34 heavy (non-hydrogen) atoms. The van der Waals surface area contributed by atoms with Crippen LogP contribution in [-0.4, -0.2) is 41.1 Å². The molecule has 1 unspecified atom stereocenters. The van der Waals surface area contributed by atoms with Crippen LogP contribution in [0.5, 0.6) is 11.5 Å². The minimum absolute atomic E-state index is 0.207. The van der Waals surface area contributed by atoms with E-state index in [0.717, 1.165) is 11.3 Å². The van der Waals surface area contributed by atoms with Gasteiger partial charge in [-0.15, -0.1) is 0 Å². The van der Waals surface area contributed by atoms with Crippen molar-refractivity contribution in [3.63, 3.8) is 0 Å². The number of nitrogens with zero attached hydrogens (tertiary/aromatic N) is 4. The highest BCUT2D eigenvalue weighted by atomic mass is 32.1. The number of ether oxygens (including phenoxy) is 3. The number of fused-ring (bicyclic) bond motifs is 1. The largest absolute Gasteiger partial charge is 0.493 e. The zero-order valence-electron chi connectivity index (χ0n) is 19.9. The van der Waals surface area contributed by atoms with Gasteiger partial charge < -0.3 is 14.2 Å². The first kappa shape index (κ1) is 23.5. The number of carbonyl (C=O) groups excluding carboxylic acids is 1. The highest BCUT2D eigenvalue weighted by Gasteiger charge is 2.34. The first-order valence-corrected chi connectivity index (χ1v) is 11.5. The number of hydrogen-bond donors (Lipinski definition) is 0. The second-order valence-corrected chi connectivity index (χ2v) is 8.73. The number of rotatable bonds is 6. The summed E-state index contributed by atoms with van der Waals surface area (Å²) in [6.45, 7) is 5.64. The molecule has 0 N–H and O–H groups in total. The molecule has 1 aliphatic heterocycles. The van der Waals surface area contributed by atoms with Gasteiger partial charge >= 0.3 is 5.97 Å². The molecule has 3 heterocycles. The molecule has 1 atom stereocenters. The molecule has 3 aromatic rings. The summed E-state index contributed by atoms with van der Waals surface area (Å²) in [7, 11) is 4.94. The lowest BCUT2D eigenvalue weighted by Crippen LogP contribution is -2.40. The van der Waals surface area contributed by atoms with Crippen LogP contribution >= 0.6 is 11.3 Å². The zero-order chi connectivity index (χ0) is 24.6. The molecule has 4 rings (SSSR count). The van der Waals surface area contributed by atoms with E-state index in [-0.39, 0.29) is 12.2 Å². The first-order chi connectivity index (χ1) is 16.3. The van der Waals surface area contributed by atoms with Crippen LogP contribution in [0.3, 0.4) is 0 Å². The molecule has 178 valence electrons. The van der Waals surface area contributed by atoms with Gasteiger partial charge in [0.15, 0.2) is 16.3 Å². The van der Waals surface area contributed by atoms with Crippen LogP contribution < -0.4 is 24.4 Å². The SMILES string of the molecule is CCOC(=O)C1=C(C)N=c2s/c(=C/c3cnn(C)c3C)c(=O)n2C1c1ccc(OC)c(OC)c1. The molecule has 0 amide bonds. The number of allylic oxidation sites excluding steroid dienone is 1. The Bertz CT molecular complexity index is 1480. The molecule has 1 aromatic carbocycles. The molecule has 2 aromatic heterocycles. The fraction of sp³-hybridized carbons (Fsp3) is 0.333. The highest BCUT2D eigenvalue weighted by Crippen LogP contribution is 2.36. The van der Waals surface area contributed by atoms with E-state index in [1.54, 1.807) is 54.6 Å². The maximum atomic E-state index is 13.7. The number of aryl methyl sites for hydroxylation is 1. The van der Waals surface area contributed by atoms with E-state index in [0.29, 0.717) is 37.7 Å². The van der Waals surface area contributed by atoms with E-state index in [9.17, 15) is 9.59 Å². The van der Waals surface area contributed by atoms with Gasteiger partial charge in [0, 0.05) is 18.3 Å². The van der Waals surface area contributed by atoms with E-state index in [1.807, 2.05) is 20.0 Å². The van der Waals surface area contributed by atoms with Crippen molar-refractivity contribution in [3.05, 3.63) is 72.2 Å². The van der Waals surface area contributed by atoms with Crippen molar-refractivity contribution in [2.24, 2.45) is 12.0 Å². The van der Waals surface area contributed by atoms with E-state index >= 15 is 0 Å². The Morgan fingerprint density at radius 2 is 1.94 bits per heavy atom. The number of benzene rings is 1. The number of hydrogen-bond acceptors (Lipinski definition) is 8. The van der Waals surface area contributed by atoms with Crippen molar-refractivity contribution in [1.29, 1.82) is 0 Å². The Morgan fingerprint density at radius 3 is 2.56 bits per heavy atom. The van der Waals surface area contributed by atoms with E-state index in [1.165, 1.54) is 18.4 Å². The van der Waals surface area contributed by atoms with Gasteiger partial charge in [0.1, 0.15) is 0 Å². The van der Waals surface area contributed by atoms with Crippen LogP contribution in [0.15, 0.2) is 45.5 Å². The fourth-order valence-corrected chi connectivity index (χ4v) is 4.97.